The maximum absolute atomic E-state index is 8.83. The van der Waals surface area contributed by atoms with Crippen molar-refractivity contribution in [3.63, 3.8) is 0 Å². The highest BCUT2D eigenvalue weighted by molar-refractivity contribution is 6.17. The van der Waals surface area contributed by atoms with Crippen LogP contribution in [0.25, 0.3) is 11.1 Å². The summed E-state index contributed by atoms with van der Waals surface area (Å²) in [5.41, 5.74) is 2.90. The Balaban J connectivity index is 1.83. The molecule has 0 saturated heterocycles. The molecule has 0 aromatic heterocycles. The fraction of sp³-hybridized carbons (Fsp3) is 0.350. The minimum absolute atomic E-state index is 0.662. The summed E-state index contributed by atoms with van der Waals surface area (Å²) in [6.45, 7) is 2.97. The zero-order valence-electron chi connectivity index (χ0n) is 13.5. The van der Waals surface area contributed by atoms with Gasteiger partial charge in [-0.05, 0) is 60.6 Å². The Kier molecular flexibility index (Phi) is 6.97. The van der Waals surface area contributed by atoms with Crippen LogP contribution in [-0.4, -0.2) is 12.5 Å². The third-order valence-corrected chi connectivity index (χ3v) is 4.13. The summed E-state index contributed by atoms with van der Waals surface area (Å²) in [6.07, 6.45) is 3.27. The molecule has 120 valence electrons. The number of ether oxygens (including phenoxy) is 1. The Bertz CT molecular complexity index is 628. The largest absolute Gasteiger partial charge is 0.494 e. The van der Waals surface area contributed by atoms with E-state index in [1.807, 2.05) is 48.5 Å². The molecule has 0 amide bonds. The van der Waals surface area contributed by atoms with Gasteiger partial charge in [0, 0.05) is 5.88 Å². The smallest absolute Gasteiger partial charge is 0.119 e. The topological polar surface area (TPSA) is 33.0 Å². The Morgan fingerprint density at radius 2 is 1.61 bits per heavy atom. The van der Waals surface area contributed by atoms with Crippen LogP contribution >= 0.6 is 11.6 Å². The first kappa shape index (κ1) is 17.4. The average Bonchev–Trinajstić information content (AvgIpc) is 2.60. The van der Waals surface area contributed by atoms with Gasteiger partial charge in [-0.25, -0.2) is 0 Å². The van der Waals surface area contributed by atoms with Gasteiger partial charge in [0.2, 0.25) is 0 Å². The first-order chi connectivity index (χ1) is 11.2. The number of benzene rings is 2. The molecule has 0 bridgehead atoms. The molecule has 0 heterocycles. The highest BCUT2D eigenvalue weighted by atomic mass is 35.5. The van der Waals surface area contributed by atoms with Gasteiger partial charge in [0.25, 0.3) is 0 Å². The number of halogens is 1. The van der Waals surface area contributed by atoms with Crippen molar-refractivity contribution in [3.8, 4) is 22.9 Å². The van der Waals surface area contributed by atoms with E-state index in [-0.39, 0.29) is 0 Å². The molecule has 0 unspecified atom stereocenters. The summed E-state index contributed by atoms with van der Waals surface area (Å²) in [7, 11) is 0. The van der Waals surface area contributed by atoms with E-state index in [0.717, 1.165) is 48.6 Å². The van der Waals surface area contributed by atoms with Crippen LogP contribution in [0, 0.1) is 17.2 Å². The van der Waals surface area contributed by atoms with Crippen LogP contribution in [0.2, 0.25) is 0 Å². The summed E-state index contributed by atoms with van der Waals surface area (Å²) in [4.78, 5) is 0. The van der Waals surface area contributed by atoms with Gasteiger partial charge in [-0.1, -0.05) is 31.2 Å². The van der Waals surface area contributed by atoms with Crippen molar-refractivity contribution in [1.29, 1.82) is 5.26 Å². The van der Waals surface area contributed by atoms with E-state index < -0.39 is 0 Å². The quantitative estimate of drug-likeness (QED) is 0.463. The summed E-state index contributed by atoms with van der Waals surface area (Å²) < 4.78 is 5.79. The van der Waals surface area contributed by atoms with Gasteiger partial charge in [-0.15, -0.1) is 11.6 Å². The van der Waals surface area contributed by atoms with Crippen LogP contribution in [0.1, 0.15) is 31.7 Å². The lowest BCUT2D eigenvalue weighted by Gasteiger charge is -2.10. The third kappa shape index (κ3) is 5.62. The molecular weight excluding hydrogens is 306 g/mol. The van der Waals surface area contributed by atoms with Crippen molar-refractivity contribution in [1.82, 2.24) is 0 Å². The molecule has 0 radical (unpaired) electrons. The average molecular weight is 328 g/mol. The van der Waals surface area contributed by atoms with E-state index in [0.29, 0.717) is 11.5 Å². The van der Waals surface area contributed by atoms with Crippen LogP contribution in [0.3, 0.4) is 0 Å². The normalized spacial score (nSPS) is 11.7. The van der Waals surface area contributed by atoms with Gasteiger partial charge >= 0.3 is 0 Å². The minimum Gasteiger partial charge on any atom is -0.494 e. The number of nitrogens with zero attached hydrogens (tertiary/aromatic N) is 1. The number of alkyl halides is 1. The summed E-state index contributed by atoms with van der Waals surface area (Å²) in [5, 5.41) is 8.83. The van der Waals surface area contributed by atoms with Gasteiger partial charge in [-0.3, -0.25) is 0 Å². The second-order valence-corrected chi connectivity index (χ2v) is 6.17. The molecule has 0 aliphatic heterocycles. The van der Waals surface area contributed by atoms with Crippen LogP contribution in [0.5, 0.6) is 5.75 Å². The number of hydrogen-bond donors (Lipinski definition) is 0. The van der Waals surface area contributed by atoms with E-state index in [2.05, 4.69) is 13.0 Å². The summed E-state index contributed by atoms with van der Waals surface area (Å²) >= 11 is 5.74. The summed E-state index contributed by atoms with van der Waals surface area (Å²) in [5.74, 6) is 2.29. The molecule has 0 N–H and O–H groups in total. The van der Waals surface area contributed by atoms with Crippen LogP contribution in [-0.2, 0) is 0 Å². The lowest BCUT2D eigenvalue weighted by molar-refractivity contribution is 0.294. The fourth-order valence-electron chi connectivity index (χ4n) is 2.43. The molecule has 2 aromatic carbocycles. The van der Waals surface area contributed by atoms with E-state index in [9.17, 15) is 0 Å². The number of hydrogen-bond acceptors (Lipinski definition) is 2. The molecule has 2 rings (SSSR count). The van der Waals surface area contributed by atoms with Gasteiger partial charge in [0.1, 0.15) is 5.75 Å². The van der Waals surface area contributed by atoms with E-state index in [1.165, 1.54) is 0 Å². The molecule has 23 heavy (non-hydrogen) atoms. The van der Waals surface area contributed by atoms with Gasteiger partial charge < -0.3 is 4.74 Å². The van der Waals surface area contributed by atoms with Crippen molar-refractivity contribution in [2.75, 3.05) is 12.5 Å². The zero-order valence-corrected chi connectivity index (χ0v) is 14.2. The Morgan fingerprint density at radius 3 is 2.17 bits per heavy atom. The molecule has 0 aliphatic carbocycles. The SMILES string of the molecule is C[C@@H](CCCl)CCCOc1ccc(-c2ccc(C#N)cc2)cc1. The highest BCUT2D eigenvalue weighted by Gasteiger charge is 2.02. The Hall–Kier alpha value is -1.98. The van der Waals surface area contributed by atoms with Crippen molar-refractivity contribution in [3.05, 3.63) is 54.1 Å². The lowest BCUT2D eigenvalue weighted by atomic mass is 10.0. The van der Waals surface area contributed by atoms with Crippen LogP contribution in [0.15, 0.2) is 48.5 Å². The first-order valence-electron chi connectivity index (χ1n) is 8.02. The Morgan fingerprint density at radius 1 is 1.00 bits per heavy atom. The predicted molar refractivity (Wildman–Crippen MR) is 95.8 cm³/mol. The maximum Gasteiger partial charge on any atom is 0.119 e. The lowest BCUT2D eigenvalue weighted by Crippen LogP contribution is -2.02. The second-order valence-electron chi connectivity index (χ2n) is 5.79. The zero-order chi connectivity index (χ0) is 16.5. The maximum atomic E-state index is 8.83. The molecule has 0 saturated carbocycles. The van der Waals surface area contributed by atoms with Gasteiger partial charge in [0.15, 0.2) is 0 Å². The monoisotopic (exact) mass is 327 g/mol. The molecule has 2 aromatic rings. The molecule has 2 nitrogen and oxygen atoms in total. The highest BCUT2D eigenvalue weighted by Crippen LogP contribution is 2.23. The van der Waals surface area contributed by atoms with Crippen molar-refractivity contribution in [2.45, 2.75) is 26.2 Å². The van der Waals surface area contributed by atoms with Crippen LogP contribution in [0.4, 0.5) is 0 Å². The molecule has 0 aliphatic rings. The second kappa shape index (κ2) is 9.22. The van der Waals surface area contributed by atoms with E-state index in [1.54, 1.807) is 0 Å². The van der Waals surface area contributed by atoms with E-state index >= 15 is 0 Å². The fourth-order valence-corrected chi connectivity index (χ4v) is 2.81. The van der Waals surface area contributed by atoms with Crippen molar-refractivity contribution < 1.29 is 4.74 Å². The van der Waals surface area contributed by atoms with Gasteiger partial charge in [0.05, 0.1) is 18.2 Å². The predicted octanol–water partition coefficient (Wildman–Crippen LogP) is 5.65. The Labute approximate surface area is 143 Å². The van der Waals surface area contributed by atoms with Crippen molar-refractivity contribution in [2.24, 2.45) is 5.92 Å². The number of nitriles is 1. The molecule has 1 atom stereocenters. The first-order valence-corrected chi connectivity index (χ1v) is 8.55. The standard InChI is InChI=1S/C20H22ClNO/c1-16(12-13-21)3-2-14-23-20-10-8-19(9-11-20)18-6-4-17(15-22)5-7-18/h4-11,16H,2-3,12-14H2,1H3/t16-/m1/s1. The van der Waals surface area contributed by atoms with Crippen LogP contribution < -0.4 is 4.74 Å². The molecule has 0 spiro atoms. The number of rotatable bonds is 8. The molecule has 0 fully saturated rings. The molecule has 3 heteroatoms. The van der Waals surface area contributed by atoms with Gasteiger partial charge in [-0.2, -0.15) is 5.26 Å². The van der Waals surface area contributed by atoms with E-state index in [4.69, 9.17) is 21.6 Å². The van der Waals surface area contributed by atoms with Crippen molar-refractivity contribution >= 4 is 11.6 Å². The minimum atomic E-state index is 0.662. The summed E-state index contributed by atoms with van der Waals surface area (Å²) in [6, 6.07) is 17.8. The molecular formula is C20H22ClNO. The third-order valence-electron chi connectivity index (χ3n) is 3.91.